The molecule has 1 amide bonds. The Morgan fingerprint density at radius 3 is 2.48 bits per heavy atom. The van der Waals surface area contributed by atoms with Gasteiger partial charge in [-0.3, -0.25) is 4.79 Å². The van der Waals surface area contributed by atoms with E-state index in [9.17, 15) is 22.4 Å². The Hall–Kier alpha value is -3.30. The average Bonchev–Trinajstić information content (AvgIpc) is 3.16. The second-order valence-corrected chi connectivity index (χ2v) is 5.61. The van der Waals surface area contributed by atoms with Crippen molar-refractivity contribution >= 4 is 11.7 Å². The van der Waals surface area contributed by atoms with Crippen molar-refractivity contribution in [3.63, 3.8) is 0 Å². The molecule has 0 N–H and O–H groups in total. The first-order valence-corrected chi connectivity index (χ1v) is 7.78. The van der Waals surface area contributed by atoms with Crippen molar-refractivity contribution in [2.24, 2.45) is 0 Å². The molecule has 0 saturated heterocycles. The number of hydrogen-bond donors (Lipinski definition) is 0. The van der Waals surface area contributed by atoms with E-state index in [0.29, 0.717) is 0 Å². The van der Waals surface area contributed by atoms with Gasteiger partial charge in [-0.25, -0.2) is 4.98 Å². The molecule has 2 aromatic heterocycles. The summed E-state index contributed by atoms with van der Waals surface area (Å²) in [5.74, 6) is -1.52. The summed E-state index contributed by atoms with van der Waals surface area (Å²) >= 11 is 0. The van der Waals surface area contributed by atoms with E-state index in [-0.39, 0.29) is 28.0 Å². The van der Waals surface area contributed by atoms with Crippen molar-refractivity contribution in [1.29, 1.82) is 0 Å². The Morgan fingerprint density at radius 1 is 1.11 bits per heavy atom. The van der Waals surface area contributed by atoms with Gasteiger partial charge in [-0.05, 0) is 31.2 Å². The van der Waals surface area contributed by atoms with Gasteiger partial charge >= 0.3 is 6.18 Å². The normalized spacial score (nSPS) is 12.6. The minimum absolute atomic E-state index is 0.0513. The molecule has 2 heterocycles. The molecule has 1 atom stereocenters. The number of rotatable bonds is 4. The van der Waals surface area contributed by atoms with Crippen molar-refractivity contribution in [3.05, 3.63) is 60.4 Å². The Kier molecular flexibility index (Phi) is 4.89. The van der Waals surface area contributed by atoms with Crippen LogP contribution in [0.5, 0.6) is 0 Å². The smallest absolute Gasteiger partial charge is 0.300 e. The molecule has 0 aliphatic carbocycles. The van der Waals surface area contributed by atoms with Gasteiger partial charge in [0.2, 0.25) is 0 Å². The van der Waals surface area contributed by atoms with Gasteiger partial charge in [0.05, 0.1) is 0 Å². The zero-order chi connectivity index (χ0) is 19.6. The SMILES string of the molecule is CC(n1cnnc1-c1cccc(N(F)C(=O)c2ccccc2)n1)C(F)(F)F. The van der Waals surface area contributed by atoms with Crippen molar-refractivity contribution < 1.29 is 22.4 Å². The Morgan fingerprint density at radius 2 is 1.81 bits per heavy atom. The lowest BCUT2D eigenvalue weighted by Gasteiger charge is -2.18. The van der Waals surface area contributed by atoms with Gasteiger partial charge in [-0.1, -0.05) is 28.7 Å². The molecule has 0 spiro atoms. The van der Waals surface area contributed by atoms with Gasteiger partial charge in [-0.2, -0.15) is 13.2 Å². The second-order valence-electron chi connectivity index (χ2n) is 5.61. The number of carbonyl (C=O) groups excluding carboxylic acids is 1. The molecule has 3 rings (SSSR count). The van der Waals surface area contributed by atoms with Crippen LogP contribution in [0.2, 0.25) is 0 Å². The Bertz CT molecular complexity index is 942. The molecular weight excluding hydrogens is 366 g/mol. The highest BCUT2D eigenvalue weighted by atomic mass is 19.4. The molecule has 0 aliphatic rings. The van der Waals surface area contributed by atoms with Crippen LogP contribution in [0, 0.1) is 0 Å². The van der Waals surface area contributed by atoms with E-state index >= 15 is 0 Å². The number of carbonyl (C=O) groups is 1. The molecule has 0 aliphatic heterocycles. The number of pyridine rings is 1. The number of alkyl halides is 3. The van der Waals surface area contributed by atoms with Gasteiger partial charge < -0.3 is 4.57 Å². The van der Waals surface area contributed by atoms with Crippen LogP contribution in [-0.4, -0.2) is 31.8 Å². The van der Waals surface area contributed by atoms with Crippen LogP contribution in [0.4, 0.5) is 23.5 Å². The molecule has 140 valence electrons. The van der Waals surface area contributed by atoms with Gasteiger partial charge in [0.25, 0.3) is 5.91 Å². The largest absolute Gasteiger partial charge is 0.408 e. The summed E-state index contributed by atoms with van der Waals surface area (Å²) in [5.41, 5.74) is 0.0469. The number of anilines is 1. The monoisotopic (exact) mass is 379 g/mol. The van der Waals surface area contributed by atoms with Crippen molar-refractivity contribution in [2.75, 3.05) is 5.12 Å². The van der Waals surface area contributed by atoms with Crippen LogP contribution in [0.15, 0.2) is 54.9 Å². The first kappa shape index (κ1) is 18.5. The number of nitrogens with zero attached hydrogens (tertiary/aromatic N) is 5. The molecule has 0 bridgehead atoms. The average molecular weight is 379 g/mol. The Balaban J connectivity index is 1.94. The standard InChI is InChI=1S/C17H13F4N5O/c1-11(17(18,19)20)25-10-22-24-15(25)13-8-5-9-14(23-13)26(21)16(27)12-6-3-2-4-7-12/h2-11H,1H3. The minimum atomic E-state index is -4.52. The molecular formula is C17H13F4N5O. The second kappa shape index (κ2) is 7.14. The van der Waals surface area contributed by atoms with Crippen molar-refractivity contribution in [1.82, 2.24) is 19.7 Å². The summed E-state index contributed by atoms with van der Waals surface area (Å²) in [7, 11) is 0. The van der Waals surface area contributed by atoms with Crippen LogP contribution in [0.25, 0.3) is 11.5 Å². The van der Waals surface area contributed by atoms with E-state index in [2.05, 4.69) is 15.2 Å². The van der Waals surface area contributed by atoms with Crippen LogP contribution in [0.3, 0.4) is 0 Å². The van der Waals surface area contributed by atoms with Gasteiger partial charge in [0.1, 0.15) is 18.1 Å². The van der Waals surface area contributed by atoms with Crippen molar-refractivity contribution in [3.8, 4) is 11.5 Å². The summed E-state index contributed by atoms with van der Waals surface area (Å²) < 4.78 is 54.3. The summed E-state index contributed by atoms with van der Waals surface area (Å²) in [4.78, 5) is 16.1. The predicted octanol–water partition coefficient (Wildman–Crippen LogP) is 3.99. The number of hydrogen-bond acceptors (Lipinski definition) is 4. The third-order valence-corrected chi connectivity index (χ3v) is 3.83. The fourth-order valence-corrected chi connectivity index (χ4v) is 2.32. The van der Waals surface area contributed by atoms with E-state index in [4.69, 9.17) is 0 Å². The third kappa shape index (κ3) is 3.78. The molecule has 1 aromatic carbocycles. The molecule has 3 aromatic rings. The summed E-state index contributed by atoms with van der Waals surface area (Å²) in [6.07, 6.45) is -3.60. The number of aromatic nitrogens is 4. The Labute approximate surface area is 151 Å². The maximum absolute atomic E-state index is 14.5. The third-order valence-electron chi connectivity index (χ3n) is 3.83. The van der Waals surface area contributed by atoms with Crippen LogP contribution in [0.1, 0.15) is 23.3 Å². The molecule has 27 heavy (non-hydrogen) atoms. The molecule has 6 nitrogen and oxygen atoms in total. The molecule has 10 heteroatoms. The first-order valence-electron chi connectivity index (χ1n) is 7.78. The highest BCUT2D eigenvalue weighted by molar-refractivity contribution is 6.04. The first-order chi connectivity index (χ1) is 12.8. The molecule has 0 fully saturated rings. The highest BCUT2D eigenvalue weighted by Crippen LogP contribution is 2.32. The van der Waals surface area contributed by atoms with Gasteiger partial charge in [-0.15, -0.1) is 15.3 Å². The maximum Gasteiger partial charge on any atom is 0.408 e. The zero-order valence-electron chi connectivity index (χ0n) is 13.9. The lowest BCUT2D eigenvalue weighted by Crippen LogP contribution is -2.24. The number of amides is 1. The van der Waals surface area contributed by atoms with Crippen LogP contribution < -0.4 is 5.12 Å². The molecule has 0 radical (unpaired) electrons. The van der Waals surface area contributed by atoms with E-state index < -0.39 is 18.1 Å². The van der Waals surface area contributed by atoms with E-state index in [0.717, 1.165) is 17.8 Å². The fraction of sp³-hybridized carbons (Fsp3) is 0.176. The van der Waals surface area contributed by atoms with E-state index in [1.54, 1.807) is 18.2 Å². The highest BCUT2D eigenvalue weighted by Gasteiger charge is 2.38. The van der Waals surface area contributed by atoms with Crippen LogP contribution in [-0.2, 0) is 0 Å². The fourth-order valence-electron chi connectivity index (χ4n) is 2.32. The summed E-state index contributed by atoms with van der Waals surface area (Å²) in [6, 6.07) is 9.72. The van der Waals surface area contributed by atoms with Gasteiger partial charge in [0, 0.05) is 5.56 Å². The minimum Gasteiger partial charge on any atom is -0.300 e. The zero-order valence-corrected chi connectivity index (χ0v) is 13.9. The van der Waals surface area contributed by atoms with Crippen LogP contribution >= 0.6 is 0 Å². The number of halogens is 4. The predicted molar refractivity (Wildman–Crippen MR) is 88.4 cm³/mol. The molecule has 0 saturated carbocycles. The molecule has 1 unspecified atom stereocenters. The number of benzene rings is 1. The maximum atomic E-state index is 14.5. The van der Waals surface area contributed by atoms with Crippen molar-refractivity contribution in [2.45, 2.75) is 19.1 Å². The van der Waals surface area contributed by atoms with E-state index in [1.165, 1.54) is 30.3 Å². The quantitative estimate of drug-likeness (QED) is 0.508. The van der Waals surface area contributed by atoms with Gasteiger partial charge in [0.15, 0.2) is 11.6 Å². The summed E-state index contributed by atoms with van der Waals surface area (Å²) in [5, 5.41) is 6.96. The lowest BCUT2D eigenvalue weighted by atomic mass is 10.2. The lowest BCUT2D eigenvalue weighted by molar-refractivity contribution is -0.162. The van der Waals surface area contributed by atoms with E-state index in [1.807, 2.05) is 0 Å². The summed E-state index contributed by atoms with van der Waals surface area (Å²) in [6.45, 7) is 0.942. The topological polar surface area (TPSA) is 63.9 Å².